The molecule has 2 amide bonds. The normalized spacial score (nSPS) is 27.0. The van der Waals surface area contributed by atoms with E-state index in [0.717, 1.165) is 32.4 Å². The molecule has 6 nitrogen and oxygen atoms in total. The van der Waals surface area contributed by atoms with Crippen molar-refractivity contribution in [2.45, 2.75) is 70.4 Å². The molecular formula is C23H33N3O3. The van der Waals surface area contributed by atoms with Crippen LogP contribution in [0.2, 0.25) is 0 Å². The van der Waals surface area contributed by atoms with Crippen LogP contribution < -0.4 is 10.9 Å². The van der Waals surface area contributed by atoms with Crippen LogP contribution in [0.4, 0.5) is 0 Å². The molecule has 0 spiro atoms. The van der Waals surface area contributed by atoms with Gasteiger partial charge in [-0.3, -0.25) is 14.4 Å². The summed E-state index contributed by atoms with van der Waals surface area (Å²) in [6.45, 7) is 2.06. The van der Waals surface area contributed by atoms with Crippen molar-refractivity contribution in [1.82, 2.24) is 14.8 Å². The molecule has 3 aliphatic rings. The van der Waals surface area contributed by atoms with E-state index in [1.807, 2.05) is 0 Å². The summed E-state index contributed by atoms with van der Waals surface area (Å²) in [7, 11) is 0. The molecule has 2 heterocycles. The first-order valence-corrected chi connectivity index (χ1v) is 11.3. The summed E-state index contributed by atoms with van der Waals surface area (Å²) in [5.74, 6) is 1.79. The van der Waals surface area contributed by atoms with Crippen LogP contribution in [0.25, 0.3) is 0 Å². The van der Waals surface area contributed by atoms with Gasteiger partial charge in [0.1, 0.15) is 0 Å². The van der Waals surface area contributed by atoms with Gasteiger partial charge < -0.3 is 14.8 Å². The Bertz CT molecular complexity index is 784. The van der Waals surface area contributed by atoms with Gasteiger partial charge in [-0.25, -0.2) is 0 Å². The highest BCUT2D eigenvalue weighted by Gasteiger charge is 2.42. The van der Waals surface area contributed by atoms with E-state index in [-0.39, 0.29) is 17.5 Å². The van der Waals surface area contributed by atoms with Crippen LogP contribution in [0.15, 0.2) is 29.2 Å². The minimum Gasteiger partial charge on any atom is -0.353 e. The summed E-state index contributed by atoms with van der Waals surface area (Å²) >= 11 is 0. The van der Waals surface area contributed by atoms with Gasteiger partial charge in [0.05, 0.1) is 0 Å². The van der Waals surface area contributed by atoms with Gasteiger partial charge in [0.2, 0.25) is 11.8 Å². The fraction of sp³-hybridized carbons (Fsp3) is 0.696. The molecule has 1 aromatic heterocycles. The molecule has 0 radical (unpaired) electrons. The fourth-order valence-corrected chi connectivity index (χ4v) is 5.59. The van der Waals surface area contributed by atoms with E-state index in [1.54, 1.807) is 22.9 Å². The first kappa shape index (κ1) is 20.2. The molecule has 0 aromatic carbocycles. The standard InChI is InChI=1S/C23H33N3O3/c27-21(11-13-25-12-4-3-10-22(25)28)24-20-9-5-8-18-15-26(16-19(18)20)23(29)14-17-6-1-2-7-17/h3-4,10,12,17-20H,1-2,5-9,11,13-16H2,(H,24,27)/t18-,19+,20-/m0/s1. The number of carbonyl (C=O) groups excluding carboxylic acids is 2. The van der Waals surface area contributed by atoms with Gasteiger partial charge in [-0.2, -0.15) is 0 Å². The Balaban J connectivity index is 1.29. The number of fused-ring (bicyclic) bond motifs is 1. The number of hydrogen-bond donors (Lipinski definition) is 1. The molecule has 158 valence electrons. The predicted molar refractivity (Wildman–Crippen MR) is 111 cm³/mol. The maximum absolute atomic E-state index is 12.8. The highest BCUT2D eigenvalue weighted by Crippen LogP contribution is 2.37. The number of nitrogens with one attached hydrogen (secondary N) is 1. The zero-order chi connectivity index (χ0) is 20.2. The van der Waals surface area contributed by atoms with Crippen molar-refractivity contribution in [3.63, 3.8) is 0 Å². The third kappa shape index (κ3) is 4.90. The summed E-state index contributed by atoms with van der Waals surface area (Å²) in [6, 6.07) is 5.18. The number of nitrogens with zero attached hydrogens (tertiary/aromatic N) is 2. The number of aromatic nitrogens is 1. The zero-order valence-corrected chi connectivity index (χ0v) is 17.2. The summed E-state index contributed by atoms with van der Waals surface area (Å²) in [5, 5.41) is 3.22. The monoisotopic (exact) mass is 399 g/mol. The molecule has 3 fully saturated rings. The highest BCUT2D eigenvalue weighted by atomic mass is 16.2. The van der Waals surface area contributed by atoms with Crippen LogP contribution in [0.1, 0.15) is 57.8 Å². The quantitative estimate of drug-likeness (QED) is 0.799. The van der Waals surface area contributed by atoms with E-state index in [1.165, 1.54) is 31.7 Å². The molecule has 29 heavy (non-hydrogen) atoms. The van der Waals surface area contributed by atoms with Gasteiger partial charge in [0, 0.05) is 56.7 Å². The van der Waals surface area contributed by atoms with E-state index < -0.39 is 0 Å². The van der Waals surface area contributed by atoms with Gasteiger partial charge in [0.15, 0.2) is 0 Å². The summed E-state index contributed by atoms with van der Waals surface area (Å²) in [6.07, 6.45) is 10.9. The maximum Gasteiger partial charge on any atom is 0.250 e. The third-order valence-electron chi connectivity index (χ3n) is 7.21. The second-order valence-corrected chi connectivity index (χ2v) is 9.16. The fourth-order valence-electron chi connectivity index (χ4n) is 5.59. The Morgan fingerprint density at radius 1 is 1.03 bits per heavy atom. The molecule has 3 atom stereocenters. The number of hydrogen-bond acceptors (Lipinski definition) is 3. The van der Waals surface area contributed by atoms with E-state index in [9.17, 15) is 14.4 Å². The van der Waals surface area contributed by atoms with E-state index in [0.29, 0.717) is 43.0 Å². The third-order valence-corrected chi connectivity index (χ3v) is 7.21. The van der Waals surface area contributed by atoms with Crippen LogP contribution in [0.5, 0.6) is 0 Å². The van der Waals surface area contributed by atoms with Crippen LogP contribution in [-0.4, -0.2) is 40.4 Å². The van der Waals surface area contributed by atoms with Gasteiger partial charge >= 0.3 is 0 Å². The van der Waals surface area contributed by atoms with Gasteiger partial charge in [-0.1, -0.05) is 25.3 Å². The lowest BCUT2D eigenvalue weighted by Crippen LogP contribution is -2.45. The number of amides is 2. The van der Waals surface area contributed by atoms with E-state index >= 15 is 0 Å². The number of rotatable bonds is 6. The zero-order valence-electron chi connectivity index (χ0n) is 17.2. The maximum atomic E-state index is 12.8. The van der Waals surface area contributed by atoms with Crippen molar-refractivity contribution in [3.8, 4) is 0 Å². The van der Waals surface area contributed by atoms with Crippen molar-refractivity contribution < 1.29 is 9.59 Å². The van der Waals surface area contributed by atoms with Gasteiger partial charge in [-0.05, 0) is 43.6 Å². The molecule has 2 aliphatic carbocycles. The van der Waals surface area contributed by atoms with E-state index in [4.69, 9.17) is 0 Å². The molecule has 1 aromatic rings. The number of likely N-dealkylation sites (tertiary alicyclic amines) is 1. The largest absolute Gasteiger partial charge is 0.353 e. The van der Waals surface area contributed by atoms with Crippen molar-refractivity contribution >= 4 is 11.8 Å². The van der Waals surface area contributed by atoms with Crippen molar-refractivity contribution in [2.24, 2.45) is 17.8 Å². The summed E-state index contributed by atoms with van der Waals surface area (Å²) < 4.78 is 1.57. The molecule has 4 rings (SSSR count). The molecule has 0 bridgehead atoms. The molecular weight excluding hydrogens is 366 g/mol. The lowest BCUT2D eigenvalue weighted by Gasteiger charge is -2.33. The average Bonchev–Trinajstić information content (AvgIpc) is 3.37. The summed E-state index contributed by atoms with van der Waals surface area (Å²) in [4.78, 5) is 39.2. The molecule has 1 N–H and O–H groups in total. The lowest BCUT2D eigenvalue weighted by atomic mass is 9.78. The Morgan fingerprint density at radius 3 is 2.66 bits per heavy atom. The first-order chi connectivity index (χ1) is 14.1. The SMILES string of the molecule is O=C(CCn1ccccc1=O)N[C@H]1CCC[C@H]2CN(C(=O)CC3CCCC3)C[C@H]21. The van der Waals surface area contributed by atoms with Crippen LogP contribution in [-0.2, 0) is 16.1 Å². The van der Waals surface area contributed by atoms with Crippen LogP contribution in [0.3, 0.4) is 0 Å². The molecule has 1 aliphatic heterocycles. The number of aryl methyl sites for hydroxylation is 1. The van der Waals surface area contributed by atoms with Crippen molar-refractivity contribution in [1.29, 1.82) is 0 Å². The van der Waals surface area contributed by atoms with Crippen molar-refractivity contribution in [3.05, 3.63) is 34.7 Å². The molecule has 1 saturated heterocycles. The Morgan fingerprint density at radius 2 is 1.86 bits per heavy atom. The molecule has 2 saturated carbocycles. The minimum atomic E-state index is -0.0785. The number of pyridine rings is 1. The Kier molecular flexibility index (Phi) is 6.36. The smallest absolute Gasteiger partial charge is 0.250 e. The Hall–Kier alpha value is -2.11. The second kappa shape index (κ2) is 9.14. The number of carbonyl (C=O) groups is 2. The van der Waals surface area contributed by atoms with E-state index in [2.05, 4.69) is 10.2 Å². The van der Waals surface area contributed by atoms with Crippen molar-refractivity contribution in [2.75, 3.05) is 13.1 Å². The Labute approximate surface area is 172 Å². The van der Waals surface area contributed by atoms with Gasteiger partial charge in [0.25, 0.3) is 5.56 Å². The second-order valence-electron chi connectivity index (χ2n) is 9.16. The lowest BCUT2D eigenvalue weighted by molar-refractivity contribution is -0.131. The van der Waals surface area contributed by atoms with Crippen LogP contribution >= 0.6 is 0 Å². The molecule has 0 unspecified atom stereocenters. The topological polar surface area (TPSA) is 71.4 Å². The first-order valence-electron chi connectivity index (χ1n) is 11.3. The molecule has 6 heteroatoms. The van der Waals surface area contributed by atoms with Gasteiger partial charge in [-0.15, -0.1) is 0 Å². The average molecular weight is 400 g/mol. The minimum absolute atomic E-state index is 0.00198. The van der Waals surface area contributed by atoms with Crippen LogP contribution in [0, 0.1) is 17.8 Å². The summed E-state index contributed by atoms with van der Waals surface area (Å²) in [5.41, 5.74) is -0.0785. The highest BCUT2D eigenvalue weighted by molar-refractivity contribution is 5.77. The predicted octanol–water partition coefficient (Wildman–Crippen LogP) is 2.56.